The van der Waals surface area contributed by atoms with Crippen LogP contribution in [0.3, 0.4) is 0 Å². The highest BCUT2D eigenvalue weighted by Crippen LogP contribution is 2.68. The molecule has 4 fully saturated rings. The lowest BCUT2D eigenvalue weighted by atomic mass is 9.43. The summed E-state index contributed by atoms with van der Waals surface area (Å²) in [4.78, 5) is 0.467. The molecule has 9 atom stereocenters. The van der Waals surface area contributed by atoms with Crippen molar-refractivity contribution in [2.45, 2.75) is 102 Å². The second-order valence-electron chi connectivity index (χ2n) is 13.5. The second kappa shape index (κ2) is 8.61. The molecule has 4 saturated carbocycles. The molecule has 4 aliphatic carbocycles. The van der Waals surface area contributed by atoms with E-state index in [0.29, 0.717) is 33.5 Å². The maximum absolute atomic E-state index is 12.9. The summed E-state index contributed by atoms with van der Waals surface area (Å²) in [5, 5.41) is 10.7. The van der Waals surface area contributed by atoms with Crippen LogP contribution in [0.15, 0.2) is 35.2 Å². The molecule has 0 aliphatic heterocycles. The lowest BCUT2D eigenvalue weighted by molar-refractivity contribution is -0.147. The highest BCUT2D eigenvalue weighted by Gasteiger charge is 2.61. The van der Waals surface area contributed by atoms with Crippen molar-refractivity contribution in [1.82, 2.24) is 0 Å². The van der Waals surface area contributed by atoms with Crippen LogP contribution in [0.2, 0.25) is 0 Å². The molecular weight excluding hydrogens is 440 g/mol. The fourth-order valence-electron chi connectivity index (χ4n) is 9.69. The Morgan fingerprint density at radius 3 is 2.35 bits per heavy atom. The second-order valence-corrected chi connectivity index (χ2v) is 15.6. The van der Waals surface area contributed by atoms with E-state index in [2.05, 4.69) is 27.7 Å². The van der Waals surface area contributed by atoms with Crippen molar-refractivity contribution in [2.24, 2.45) is 46.3 Å². The standard InChI is InChI=1S/C30H46O3S/c1-21(15-19-34(32,33)23-8-6-5-7-9-23)25-12-13-26-24-11-10-22-20-28(2,31)17-18-29(22,3)27(24)14-16-30(25,26)4/h5-9,21-22,24-27,31H,10-20H2,1-4H3/t21-,22+,24+,25-,26+,27+,28+,29+,30-/m1/s1. The quantitative estimate of drug-likeness (QED) is 0.493. The van der Waals surface area contributed by atoms with Gasteiger partial charge in [0.1, 0.15) is 0 Å². The Morgan fingerprint density at radius 2 is 1.62 bits per heavy atom. The van der Waals surface area contributed by atoms with E-state index in [9.17, 15) is 13.5 Å². The minimum atomic E-state index is -3.20. The first-order valence-corrected chi connectivity index (χ1v) is 15.6. The molecule has 0 bridgehead atoms. The summed E-state index contributed by atoms with van der Waals surface area (Å²) in [5.74, 6) is 4.47. The zero-order chi connectivity index (χ0) is 24.4. The fraction of sp³-hybridized carbons (Fsp3) is 0.800. The molecule has 4 heteroatoms. The number of benzene rings is 1. The van der Waals surface area contributed by atoms with Gasteiger partial charge < -0.3 is 5.11 Å². The van der Waals surface area contributed by atoms with E-state index < -0.39 is 15.4 Å². The van der Waals surface area contributed by atoms with Crippen LogP contribution in [0, 0.1) is 46.3 Å². The van der Waals surface area contributed by atoms with Gasteiger partial charge in [0.2, 0.25) is 0 Å². The van der Waals surface area contributed by atoms with Crippen molar-refractivity contribution in [3.05, 3.63) is 30.3 Å². The van der Waals surface area contributed by atoms with Crippen molar-refractivity contribution < 1.29 is 13.5 Å². The molecule has 5 rings (SSSR count). The molecule has 0 radical (unpaired) electrons. The Kier molecular flexibility index (Phi) is 6.28. The third kappa shape index (κ3) is 4.09. The third-order valence-electron chi connectivity index (χ3n) is 11.7. The first kappa shape index (κ1) is 24.8. The van der Waals surface area contributed by atoms with Crippen molar-refractivity contribution in [1.29, 1.82) is 0 Å². The third-order valence-corrected chi connectivity index (χ3v) is 13.4. The van der Waals surface area contributed by atoms with Crippen LogP contribution >= 0.6 is 0 Å². The molecule has 1 aromatic rings. The molecule has 190 valence electrons. The predicted octanol–water partition coefficient (Wildman–Crippen LogP) is 6.90. The van der Waals surface area contributed by atoms with E-state index in [4.69, 9.17) is 0 Å². The van der Waals surface area contributed by atoms with Gasteiger partial charge in [0.15, 0.2) is 9.84 Å². The summed E-state index contributed by atoms with van der Waals surface area (Å²) in [7, 11) is -3.20. The van der Waals surface area contributed by atoms with E-state index in [1.807, 2.05) is 18.2 Å². The minimum absolute atomic E-state index is 0.265. The van der Waals surface area contributed by atoms with E-state index in [1.165, 1.54) is 44.9 Å². The van der Waals surface area contributed by atoms with Crippen LogP contribution in [0.5, 0.6) is 0 Å². The lowest BCUT2D eigenvalue weighted by Gasteiger charge is -2.62. The highest BCUT2D eigenvalue weighted by atomic mass is 32.2. The van der Waals surface area contributed by atoms with Crippen molar-refractivity contribution in [2.75, 3.05) is 5.75 Å². The van der Waals surface area contributed by atoms with Crippen molar-refractivity contribution >= 4 is 9.84 Å². The van der Waals surface area contributed by atoms with Crippen LogP contribution in [0.25, 0.3) is 0 Å². The molecule has 1 aromatic carbocycles. The molecular formula is C30H46O3S. The molecule has 4 aliphatic rings. The van der Waals surface area contributed by atoms with Gasteiger partial charge in [-0.1, -0.05) is 39.0 Å². The fourth-order valence-corrected chi connectivity index (χ4v) is 11.2. The smallest absolute Gasteiger partial charge is 0.178 e. The van der Waals surface area contributed by atoms with E-state index in [0.717, 1.165) is 37.0 Å². The Hall–Kier alpha value is -0.870. The van der Waals surface area contributed by atoms with Gasteiger partial charge in [-0.05, 0) is 130 Å². The van der Waals surface area contributed by atoms with Crippen LogP contribution in [0.1, 0.15) is 91.9 Å². The molecule has 0 aromatic heterocycles. The van der Waals surface area contributed by atoms with E-state index >= 15 is 0 Å². The van der Waals surface area contributed by atoms with Crippen LogP contribution < -0.4 is 0 Å². The Balaban J connectivity index is 1.28. The lowest BCUT2D eigenvalue weighted by Crippen LogP contribution is -2.55. The van der Waals surface area contributed by atoms with Gasteiger partial charge in [-0.2, -0.15) is 0 Å². The van der Waals surface area contributed by atoms with Gasteiger partial charge >= 0.3 is 0 Å². The maximum atomic E-state index is 12.9. The van der Waals surface area contributed by atoms with Crippen LogP contribution in [-0.4, -0.2) is 24.9 Å². The molecule has 34 heavy (non-hydrogen) atoms. The predicted molar refractivity (Wildman–Crippen MR) is 138 cm³/mol. The topological polar surface area (TPSA) is 54.4 Å². The summed E-state index contributed by atoms with van der Waals surface area (Å²) in [5.41, 5.74) is 0.300. The van der Waals surface area contributed by atoms with Crippen LogP contribution in [-0.2, 0) is 9.84 Å². The first-order valence-electron chi connectivity index (χ1n) is 14.0. The molecule has 0 spiro atoms. The minimum Gasteiger partial charge on any atom is -0.390 e. The van der Waals surface area contributed by atoms with Crippen molar-refractivity contribution in [3.8, 4) is 0 Å². The summed E-state index contributed by atoms with van der Waals surface area (Å²) >= 11 is 0. The van der Waals surface area contributed by atoms with Crippen LogP contribution in [0.4, 0.5) is 0 Å². The SMILES string of the molecule is C[C@H](CCS(=O)(=O)c1ccccc1)[C@H]1CC[C@H]2[C@@H]3CC[C@H]4C[C@@](C)(O)CC[C@]4(C)[C@H]3CC[C@]12C. The number of hydrogen-bond donors (Lipinski definition) is 1. The number of aliphatic hydroxyl groups is 1. The number of hydrogen-bond acceptors (Lipinski definition) is 3. The molecule has 0 saturated heterocycles. The molecule has 1 N–H and O–H groups in total. The summed E-state index contributed by atoms with van der Waals surface area (Å²) < 4.78 is 25.8. The highest BCUT2D eigenvalue weighted by molar-refractivity contribution is 7.91. The van der Waals surface area contributed by atoms with E-state index in [1.54, 1.807) is 12.1 Å². The van der Waals surface area contributed by atoms with E-state index in [-0.39, 0.29) is 5.75 Å². The molecule has 0 unspecified atom stereocenters. The van der Waals surface area contributed by atoms with Gasteiger partial charge in [0.05, 0.1) is 16.2 Å². The normalized spacial score (nSPS) is 45.1. The maximum Gasteiger partial charge on any atom is 0.178 e. The largest absolute Gasteiger partial charge is 0.390 e. The average Bonchev–Trinajstić information content (AvgIpc) is 3.16. The summed E-state index contributed by atoms with van der Waals surface area (Å²) in [6.45, 7) is 9.51. The average molecular weight is 487 g/mol. The first-order chi connectivity index (χ1) is 16.0. The van der Waals surface area contributed by atoms with Gasteiger partial charge in [0, 0.05) is 0 Å². The molecule has 0 amide bonds. The Morgan fingerprint density at radius 1 is 0.912 bits per heavy atom. The van der Waals surface area contributed by atoms with Gasteiger partial charge in [-0.3, -0.25) is 0 Å². The Labute approximate surface area is 208 Å². The monoisotopic (exact) mass is 486 g/mol. The number of fused-ring (bicyclic) bond motifs is 5. The number of rotatable bonds is 5. The molecule has 3 nitrogen and oxygen atoms in total. The summed E-state index contributed by atoms with van der Waals surface area (Å²) in [6.07, 6.45) is 11.8. The van der Waals surface area contributed by atoms with Gasteiger partial charge in [-0.15, -0.1) is 0 Å². The molecule has 0 heterocycles. The zero-order valence-electron chi connectivity index (χ0n) is 21.8. The summed E-state index contributed by atoms with van der Waals surface area (Å²) in [6, 6.07) is 8.98. The Bertz CT molecular complexity index is 986. The number of sulfone groups is 1. The van der Waals surface area contributed by atoms with Crippen molar-refractivity contribution in [3.63, 3.8) is 0 Å². The van der Waals surface area contributed by atoms with Gasteiger partial charge in [0.25, 0.3) is 0 Å². The zero-order valence-corrected chi connectivity index (χ0v) is 22.6. The van der Waals surface area contributed by atoms with Gasteiger partial charge in [-0.25, -0.2) is 8.42 Å².